The fraction of sp³-hybridized carbons (Fsp3) is 0.667. The van der Waals surface area contributed by atoms with Gasteiger partial charge in [-0.2, -0.15) is 0 Å². The number of hydrogen-bond acceptors (Lipinski definition) is 3. The van der Waals surface area contributed by atoms with E-state index in [1.807, 2.05) is 19.1 Å². The number of rotatable bonds is 8. The second-order valence-corrected chi connectivity index (χ2v) is 5.20. The second-order valence-electron chi connectivity index (χ2n) is 5.20. The lowest BCUT2D eigenvalue weighted by atomic mass is 9.78. The Morgan fingerprint density at radius 3 is 2.47 bits per heavy atom. The van der Waals surface area contributed by atoms with E-state index in [-0.39, 0.29) is 11.9 Å². The third-order valence-electron chi connectivity index (χ3n) is 3.65. The Bertz CT molecular complexity index is 368. The van der Waals surface area contributed by atoms with Gasteiger partial charge in [-0.05, 0) is 31.9 Å². The van der Waals surface area contributed by atoms with Crippen molar-refractivity contribution in [3.05, 3.63) is 24.2 Å². The third kappa shape index (κ3) is 3.83. The third-order valence-corrected chi connectivity index (χ3v) is 3.65. The molecule has 1 atom stereocenters. The van der Waals surface area contributed by atoms with E-state index in [4.69, 9.17) is 10.2 Å². The predicted molar refractivity (Wildman–Crippen MR) is 76.6 cm³/mol. The average Bonchev–Trinajstić information content (AvgIpc) is 2.92. The van der Waals surface area contributed by atoms with Crippen molar-refractivity contribution in [3.8, 4) is 0 Å². The Labute approximate surface area is 115 Å². The SMILES string of the molecule is CCCC(CN)(CCC)C(=O)NC(C)c1ccco1. The fourth-order valence-corrected chi connectivity index (χ4v) is 2.56. The Hall–Kier alpha value is -1.29. The van der Waals surface area contributed by atoms with Crippen molar-refractivity contribution in [2.24, 2.45) is 11.1 Å². The summed E-state index contributed by atoms with van der Waals surface area (Å²) in [6, 6.07) is 3.57. The molecule has 0 spiro atoms. The van der Waals surface area contributed by atoms with Gasteiger partial charge >= 0.3 is 0 Å². The zero-order valence-corrected chi connectivity index (χ0v) is 12.2. The zero-order valence-electron chi connectivity index (χ0n) is 12.2. The Kier molecular flexibility index (Phi) is 6.09. The maximum atomic E-state index is 12.5. The molecule has 1 heterocycles. The first-order valence-corrected chi connectivity index (χ1v) is 7.14. The number of furan rings is 1. The molecule has 0 fully saturated rings. The predicted octanol–water partition coefficient (Wildman–Crippen LogP) is 3.00. The monoisotopic (exact) mass is 266 g/mol. The van der Waals surface area contributed by atoms with Crippen LogP contribution in [0.1, 0.15) is 58.3 Å². The Balaban J connectivity index is 2.76. The van der Waals surface area contributed by atoms with Crippen LogP contribution in [0.25, 0.3) is 0 Å². The van der Waals surface area contributed by atoms with E-state index in [2.05, 4.69) is 19.2 Å². The van der Waals surface area contributed by atoms with Crippen LogP contribution in [-0.4, -0.2) is 12.5 Å². The van der Waals surface area contributed by atoms with Crippen molar-refractivity contribution >= 4 is 5.91 Å². The summed E-state index contributed by atoms with van der Waals surface area (Å²) in [6.07, 6.45) is 5.19. The fourth-order valence-electron chi connectivity index (χ4n) is 2.56. The zero-order chi connectivity index (χ0) is 14.3. The van der Waals surface area contributed by atoms with E-state index in [0.717, 1.165) is 31.4 Å². The minimum Gasteiger partial charge on any atom is -0.467 e. The van der Waals surface area contributed by atoms with E-state index in [1.54, 1.807) is 6.26 Å². The number of amides is 1. The van der Waals surface area contributed by atoms with Crippen LogP contribution in [0, 0.1) is 5.41 Å². The quantitative estimate of drug-likeness (QED) is 0.760. The van der Waals surface area contributed by atoms with Crippen molar-refractivity contribution in [3.63, 3.8) is 0 Å². The van der Waals surface area contributed by atoms with Gasteiger partial charge in [-0.15, -0.1) is 0 Å². The summed E-state index contributed by atoms with van der Waals surface area (Å²) >= 11 is 0. The first-order chi connectivity index (χ1) is 9.09. The molecule has 19 heavy (non-hydrogen) atoms. The van der Waals surface area contributed by atoms with Crippen LogP contribution in [0.15, 0.2) is 22.8 Å². The van der Waals surface area contributed by atoms with Crippen LogP contribution in [-0.2, 0) is 4.79 Å². The number of nitrogens with two attached hydrogens (primary N) is 1. The van der Waals surface area contributed by atoms with Crippen molar-refractivity contribution in [2.75, 3.05) is 6.54 Å². The summed E-state index contributed by atoms with van der Waals surface area (Å²) in [5.41, 5.74) is 5.45. The van der Waals surface area contributed by atoms with Crippen LogP contribution >= 0.6 is 0 Å². The van der Waals surface area contributed by atoms with Gasteiger partial charge in [-0.25, -0.2) is 0 Å². The van der Waals surface area contributed by atoms with Gasteiger partial charge in [0.05, 0.1) is 17.7 Å². The highest BCUT2D eigenvalue weighted by Crippen LogP contribution is 2.30. The van der Waals surface area contributed by atoms with Crippen molar-refractivity contribution in [1.29, 1.82) is 0 Å². The minimum absolute atomic E-state index is 0.0441. The number of nitrogens with one attached hydrogen (secondary N) is 1. The minimum atomic E-state index is -0.440. The molecule has 108 valence electrons. The summed E-state index contributed by atoms with van der Waals surface area (Å²) < 4.78 is 5.32. The smallest absolute Gasteiger partial charge is 0.228 e. The van der Waals surface area contributed by atoms with E-state index < -0.39 is 5.41 Å². The molecule has 1 aromatic rings. The van der Waals surface area contributed by atoms with Crippen LogP contribution < -0.4 is 11.1 Å². The Morgan fingerprint density at radius 1 is 1.42 bits per heavy atom. The molecular formula is C15H26N2O2. The summed E-state index contributed by atoms with van der Waals surface area (Å²) in [5, 5.41) is 3.03. The molecule has 1 amide bonds. The summed E-state index contributed by atoms with van der Waals surface area (Å²) in [5.74, 6) is 0.815. The molecule has 4 nitrogen and oxygen atoms in total. The van der Waals surface area contributed by atoms with Crippen molar-refractivity contribution < 1.29 is 9.21 Å². The summed E-state index contributed by atoms with van der Waals surface area (Å²) in [6.45, 7) is 6.49. The van der Waals surface area contributed by atoms with Crippen molar-refractivity contribution in [1.82, 2.24) is 5.32 Å². The van der Waals surface area contributed by atoms with Crippen LogP contribution in [0.2, 0.25) is 0 Å². The van der Waals surface area contributed by atoms with E-state index in [1.165, 1.54) is 0 Å². The van der Waals surface area contributed by atoms with Gasteiger partial charge in [-0.3, -0.25) is 4.79 Å². The van der Waals surface area contributed by atoms with Gasteiger partial charge in [0.1, 0.15) is 5.76 Å². The number of hydrogen-bond donors (Lipinski definition) is 2. The highest BCUT2D eigenvalue weighted by atomic mass is 16.3. The van der Waals surface area contributed by atoms with Crippen LogP contribution in [0.4, 0.5) is 0 Å². The van der Waals surface area contributed by atoms with Gasteiger partial charge in [0.25, 0.3) is 0 Å². The molecule has 0 saturated heterocycles. The molecule has 0 aliphatic heterocycles. The molecule has 0 bridgehead atoms. The van der Waals surface area contributed by atoms with E-state index >= 15 is 0 Å². The van der Waals surface area contributed by atoms with Crippen LogP contribution in [0.3, 0.4) is 0 Å². The summed E-state index contributed by atoms with van der Waals surface area (Å²) in [4.78, 5) is 12.5. The molecule has 0 radical (unpaired) electrons. The highest BCUT2D eigenvalue weighted by Gasteiger charge is 2.36. The standard InChI is InChI=1S/C15H26N2O2/c1-4-8-15(11-16,9-5-2)14(18)17-12(3)13-7-6-10-19-13/h6-7,10,12H,4-5,8-9,11,16H2,1-3H3,(H,17,18). The maximum absolute atomic E-state index is 12.5. The number of carbonyl (C=O) groups is 1. The molecule has 0 saturated carbocycles. The maximum Gasteiger partial charge on any atom is 0.228 e. The lowest BCUT2D eigenvalue weighted by Crippen LogP contribution is -2.46. The molecule has 1 aromatic heterocycles. The number of carbonyl (C=O) groups excluding carboxylic acids is 1. The average molecular weight is 266 g/mol. The Morgan fingerprint density at radius 2 is 2.05 bits per heavy atom. The molecule has 0 aromatic carbocycles. The molecule has 3 N–H and O–H groups in total. The molecular weight excluding hydrogens is 240 g/mol. The van der Waals surface area contributed by atoms with Crippen LogP contribution in [0.5, 0.6) is 0 Å². The second kappa shape index (κ2) is 7.34. The molecule has 4 heteroatoms. The first-order valence-electron chi connectivity index (χ1n) is 7.14. The molecule has 0 aliphatic carbocycles. The van der Waals surface area contributed by atoms with Gasteiger partial charge in [0.2, 0.25) is 5.91 Å². The van der Waals surface area contributed by atoms with Gasteiger partial charge in [0, 0.05) is 6.54 Å². The largest absolute Gasteiger partial charge is 0.467 e. The molecule has 1 rings (SSSR count). The topological polar surface area (TPSA) is 68.3 Å². The highest BCUT2D eigenvalue weighted by molar-refractivity contribution is 5.83. The summed E-state index contributed by atoms with van der Waals surface area (Å²) in [7, 11) is 0. The lowest BCUT2D eigenvalue weighted by Gasteiger charge is -2.31. The first kappa shape index (κ1) is 15.8. The molecule has 0 aliphatic rings. The van der Waals surface area contributed by atoms with Crippen molar-refractivity contribution in [2.45, 2.75) is 52.5 Å². The normalized spacial score (nSPS) is 13.3. The van der Waals surface area contributed by atoms with E-state index in [0.29, 0.717) is 6.54 Å². The van der Waals surface area contributed by atoms with Gasteiger partial charge in [-0.1, -0.05) is 26.7 Å². The van der Waals surface area contributed by atoms with Gasteiger partial charge < -0.3 is 15.5 Å². The van der Waals surface area contributed by atoms with E-state index in [9.17, 15) is 4.79 Å². The molecule has 1 unspecified atom stereocenters. The lowest BCUT2D eigenvalue weighted by molar-refractivity contribution is -0.132. The van der Waals surface area contributed by atoms with Gasteiger partial charge in [0.15, 0.2) is 0 Å².